The fourth-order valence-corrected chi connectivity index (χ4v) is 7.36. The second kappa shape index (κ2) is 29.1. The van der Waals surface area contributed by atoms with Crippen LogP contribution in [0.2, 0.25) is 0 Å². The highest BCUT2D eigenvalue weighted by atomic mass is 16.4. The standard InChI is InChI=1S/C45H67N11O13/c1-25(2)20-35(45(68)69)56-44(67)34(22-28-23-47-24-49-28)55-42(65)32(15-17-37(59)60)53-41(64)31(14-16-36(57)58)52-40(63)30(12-7-8-18-46)51-43(66)33(21-27-10-5-4-6-11-27)54-38(61)26(3)50-39(62)29-13-9-19-48-29/h4-6,10-11,23-26,29-35,48H,7-9,12-22,46H2,1-3H3,(H,47,49)(H,50,62)(H,51,66)(H,52,63)(H,53,64)(H,54,61)(H,55,65)(H,56,67)(H,57,58)(H,59,60)(H,68,69)/t26-,29-,30-,31-,32-,33-,34-,35-/m0/s1. The molecule has 380 valence electrons. The number of hydrogen-bond acceptors (Lipinski definition) is 13. The quantitative estimate of drug-likeness (QED) is 0.0377. The van der Waals surface area contributed by atoms with Gasteiger partial charge in [0.1, 0.15) is 42.3 Å². The van der Waals surface area contributed by atoms with E-state index in [1.165, 1.54) is 19.4 Å². The van der Waals surface area contributed by atoms with Crippen LogP contribution in [0.3, 0.4) is 0 Å². The summed E-state index contributed by atoms with van der Waals surface area (Å²) >= 11 is 0. The number of imidazole rings is 1. The number of benzene rings is 1. The molecule has 0 bridgehead atoms. The third-order valence-electron chi connectivity index (χ3n) is 11.1. The van der Waals surface area contributed by atoms with E-state index in [0.29, 0.717) is 37.1 Å². The molecule has 24 heteroatoms. The second-order valence-corrected chi connectivity index (χ2v) is 17.3. The molecule has 1 saturated heterocycles. The molecule has 0 aliphatic carbocycles. The fourth-order valence-electron chi connectivity index (χ4n) is 7.36. The molecule has 1 aromatic carbocycles. The van der Waals surface area contributed by atoms with Crippen LogP contribution in [0.1, 0.15) is 96.2 Å². The van der Waals surface area contributed by atoms with Crippen molar-refractivity contribution in [3.8, 4) is 0 Å². The fraction of sp³-hybridized carbons (Fsp3) is 0.578. The molecule has 24 nitrogen and oxygen atoms in total. The summed E-state index contributed by atoms with van der Waals surface area (Å²) in [4.78, 5) is 138. The van der Waals surface area contributed by atoms with Crippen LogP contribution in [-0.4, -0.2) is 146 Å². The maximum atomic E-state index is 14.1. The third kappa shape index (κ3) is 20.4. The summed E-state index contributed by atoms with van der Waals surface area (Å²) in [5.41, 5.74) is 6.71. The second-order valence-electron chi connectivity index (χ2n) is 17.3. The van der Waals surface area contributed by atoms with Crippen LogP contribution in [0.4, 0.5) is 0 Å². The van der Waals surface area contributed by atoms with Gasteiger partial charge in [0.05, 0.1) is 12.4 Å². The minimum absolute atomic E-state index is 0.0295. The van der Waals surface area contributed by atoms with Gasteiger partial charge in [0.25, 0.3) is 0 Å². The van der Waals surface area contributed by atoms with Gasteiger partial charge < -0.3 is 68.6 Å². The Kier molecular flexibility index (Phi) is 23.7. The molecule has 0 spiro atoms. The number of carbonyl (C=O) groups excluding carboxylic acids is 7. The van der Waals surface area contributed by atoms with Crippen molar-refractivity contribution in [1.82, 2.24) is 52.5 Å². The van der Waals surface area contributed by atoms with Crippen LogP contribution in [0, 0.1) is 5.92 Å². The van der Waals surface area contributed by atoms with E-state index in [-0.39, 0.29) is 44.1 Å². The zero-order valence-corrected chi connectivity index (χ0v) is 39.1. The zero-order chi connectivity index (χ0) is 51.0. The molecule has 1 aliphatic heterocycles. The smallest absolute Gasteiger partial charge is 0.326 e. The number of aliphatic carboxylic acids is 3. The Morgan fingerprint density at radius 2 is 1.16 bits per heavy atom. The Balaban J connectivity index is 1.88. The van der Waals surface area contributed by atoms with Gasteiger partial charge in [-0.15, -0.1) is 0 Å². The topological polar surface area (TPSA) is 382 Å². The van der Waals surface area contributed by atoms with Crippen molar-refractivity contribution in [2.45, 2.75) is 146 Å². The number of H-pyrrole nitrogens is 1. The van der Waals surface area contributed by atoms with E-state index in [4.69, 9.17) is 5.73 Å². The molecule has 0 unspecified atom stereocenters. The lowest BCUT2D eigenvalue weighted by Gasteiger charge is -2.28. The monoisotopic (exact) mass is 969 g/mol. The number of aromatic nitrogens is 2. The molecule has 2 heterocycles. The molecule has 7 amide bonds. The molecule has 1 fully saturated rings. The van der Waals surface area contributed by atoms with Crippen molar-refractivity contribution >= 4 is 59.3 Å². The highest BCUT2D eigenvalue weighted by molar-refractivity contribution is 5.98. The van der Waals surface area contributed by atoms with Gasteiger partial charge in [0, 0.05) is 37.6 Å². The van der Waals surface area contributed by atoms with Gasteiger partial charge in [0.15, 0.2) is 0 Å². The van der Waals surface area contributed by atoms with E-state index in [1.54, 1.807) is 44.2 Å². The summed E-state index contributed by atoms with van der Waals surface area (Å²) in [6.07, 6.45) is 2.10. The highest BCUT2D eigenvalue weighted by Gasteiger charge is 2.35. The van der Waals surface area contributed by atoms with Crippen LogP contribution in [0.15, 0.2) is 42.9 Å². The number of carboxylic acid groups (broad SMARTS) is 3. The van der Waals surface area contributed by atoms with E-state index < -0.39 is 127 Å². The molecule has 8 atom stereocenters. The summed E-state index contributed by atoms with van der Waals surface area (Å²) in [5.74, 6) is -10.1. The van der Waals surface area contributed by atoms with Gasteiger partial charge in [-0.2, -0.15) is 0 Å². The summed E-state index contributed by atoms with van der Waals surface area (Å²) in [5, 5.41) is 49.6. The lowest BCUT2D eigenvalue weighted by atomic mass is 10.0. The maximum absolute atomic E-state index is 14.1. The molecule has 1 aliphatic rings. The number of carbonyl (C=O) groups is 10. The first-order valence-corrected chi connectivity index (χ1v) is 23.0. The Morgan fingerprint density at radius 3 is 1.64 bits per heavy atom. The Morgan fingerprint density at radius 1 is 0.652 bits per heavy atom. The molecular formula is C45H67N11O13. The first-order valence-electron chi connectivity index (χ1n) is 23.0. The van der Waals surface area contributed by atoms with Crippen molar-refractivity contribution in [3.63, 3.8) is 0 Å². The predicted octanol–water partition coefficient (Wildman–Crippen LogP) is -1.65. The lowest BCUT2D eigenvalue weighted by Crippen LogP contribution is -2.60. The third-order valence-corrected chi connectivity index (χ3v) is 11.1. The molecule has 0 radical (unpaired) electrons. The number of unbranched alkanes of at least 4 members (excludes halogenated alkanes) is 1. The SMILES string of the molecule is CC(C)C[C@H](NC(=O)[C@H](Cc1cnc[nH]1)NC(=O)[C@H](CCC(=O)O)NC(=O)[C@H](CCC(=O)O)NC(=O)[C@H](CCCCN)NC(=O)[C@H](Cc1ccccc1)NC(=O)[C@H](C)NC(=O)[C@@H]1CCCN1)C(=O)O. The molecule has 0 saturated carbocycles. The van der Waals surface area contributed by atoms with E-state index in [9.17, 15) is 63.3 Å². The molecule has 14 N–H and O–H groups in total. The number of nitrogens with two attached hydrogens (primary N) is 1. The first-order chi connectivity index (χ1) is 32.8. The molecular weight excluding hydrogens is 903 g/mol. The molecule has 1 aromatic heterocycles. The highest BCUT2D eigenvalue weighted by Crippen LogP contribution is 2.12. The number of aromatic amines is 1. The summed E-state index contributed by atoms with van der Waals surface area (Å²) in [6, 6.07) is -1.70. The van der Waals surface area contributed by atoms with Gasteiger partial charge in [-0.3, -0.25) is 43.2 Å². The van der Waals surface area contributed by atoms with E-state index in [1.807, 2.05) is 0 Å². The Bertz CT molecular complexity index is 2050. The number of rotatable bonds is 31. The number of hydrogen-bond donors (Lipinski definition) is 13. The summed E-state index contributed by atoms with van der Waals surface area (Å²) in [6.45, 7) is 5.83. The average molecular weight is 970 g/mol. The molecule has 69 heavy (non-hydrogen) atoms. The summed E-state index contributed by atoms with van der Waals surface area (Å²) < 4.78 is 0. The van der Waals surface area contributed by atoms with Gasteiger partial charge in [-0.1, -0.05) is 44.2 Å². The number of amides is 7. The van der Waals surface area contributed by atoms with Crippen LogP contribution in [-0.2, 0) is 60.8 Å². The number of nitrogens with zero attached hydrogens (tertiary/aromatic N) is 1. The number of carboxylic acids is 3. The van der Waals surface area contributed by atoms with Crippen molar-refractivity contribution < 1.29 is 63.3 Å². The van der Waals surface area contributed by atoms with Crippen molar-refractivity contribution in [2.24, 2.45) is 11.7 Å². The van der Waals surface area contributed by atoms with E-state index in [2.05, 4.69) is 52.5 Å². The van der Waals surface area contributed by atoms with Crippen LogP contribution >= 0.6 is 0 Å². The number of nitrogens with one attached hydrogen (secondary N) is 9. The van der Waals surface area contributed by atoms with E-state index >= 15 is 0 Å². The van der Waals surface area contributed by atoms with Gasteiger partial charge >= 0.3 is 17.9 Å². The normalized spacial score (nSPS) is 16.3. The minimum Gasteiger partial charge on any atom is -0.481 e. The average Bonchev–Trinajstić information content (AvgIpc) is 4.04. The predicted molar refractivity (Wildman–Crippen MR) is 246 cm³/mol. The first kappa shape index (κ1) is 56.4. The van der Waals surface area contributed by atoms with E-state index in [0.717, 1.165) is 6.42 Å². The van der Waals surface area contributed by atoms with Crippen molar-refractivity contribution in [1.29, 1.82) is 0 Å². The minimum atomic E-state index is -1.69. The Labute approximate surface area is 399 Å². The molecule has 2 aromatic rings. The summed E-state index contributed by atoms with van der Waals surface area (Å²) in [7, 11) is 0. The van der Waals surface area contributed by atoms with Crippen LogP contribution in [0.5, 0.6) is 0 Å². The van der Waals surface area contributed by atoms with Crippen molar-refractivity contribution in [3.05, 3.63) is 54.1 Å². The van der Waals surface area contributed by atoms with Gasteiger partial charge in [0.2, 0.25) is 41.4 Å². The van der Waals surface area contributed by atoms with Crippen molar-refractivity contribution in [2.75, 3.05) is 13.1 Å². The Hall–Kier alpha value is -6.95. The zero-order valence-electron chi connectivity index (χ0n) is 39.1. The lowest BCUT2D eigenvalue weighted by molar-refractivity contribution is -0.143. The van der Waals surface area contributed by atoms with Gasteiger partial charge in [-0.25, -0.2) is 9.78 Å². The van der Waals surface area contributed by atoms with Crippen LogP contribution < -0.4 is 48.3 Å². The van der Waals surface area contributed by atoms with Gasteiger partial charge in [-0.05, 0) is 82.9 Å². The maximum Gasteiger partial charge on any atom is 0.326 e. The molecule has 3 rings (SSSR count). The largest absolute Gasteiger partial charge is 0.481 e. The van der Waals surface area contributed by atoms with Crippen LogP contribution in [0.25, 0.3) is 0 Å².